The SMILES string of the molecule is C[C@H]1[C@@H](c2cc(C(F)(F)F)cc(C(F)(F)F)c2)OC(=O)N1C(=O)/C=C/c1cncc2ccccc12. The second-order valence-corrected chi connectivity index (χ2v) is 7.88. The first-order valence-electron chi connectivity index (χ1n) is 10.2. The molecule has 1 saturated heterocycles. The van der Waals surface area contributed by atoms with E-state index in [0.717, 1.165) is 16.8 Å². The van der Waals surface area contributed by atoms with Gasteiger partial charge in [0, 0.05) is 29.4 Å². The van der Waals surface area contributed by atoms with Crippen LogP contribution in [0.1, 0.15) is 35.3 Å². The van der Waals surface area contributed by atoms with Crippen LogP contribution in [-0.2, 0) is 21.9 Å². The first kappa shape index (κ1) is 24.2. The van der Waals surface area contributed by atoms with Crippen molar-refractivity contribution in [3.63, 3.8) is 0 Å². The molecule has 2 amide bonds. The molecule has 1 fully saturated rings. The van der Waals surface area contributed by atoms with Gasteiger partial charge in [0.15, 0.2) is 0 Å². The normalized spacial score (nSPS) is 18.9. The number of halogens is 6. The van der Waals surface area contributed by atoms with Crippen LogP contribution in [0.2, 0.25) is 0 Å². The third kappa shape index (κ3) is 4.84. The monoisotopic (exact) mass is 494 g/mol. The molecule has 0 saturated carbocycles. The van der Waals surface area contributed by atoms with E-state index in [-0.39, 0.29) is 6.07 Å². The third-order valence-corrected chi connectivity index (χ3v) is 5.55. The van der Waals surface area contributed by atoms with Crippen molar-refractivity contribution in [3.8, 4) is 0 Å². The zero-order chi connectivity index (χ0) is 25.5. The number of aromatic nitrogens is 1. The van der Waals surface area contributed by atoms with E-state index in [1.165, 1.54) is 19.2 Å². The minimum Gasteiger partial charge on any atom is -0.439 e. The van der Waals surface area contributed by atoms with Crippen molar-refractivity contribution in [3.05, 3.63) is 83.2 Å². The van der Waals surface area contributed by atoms with E-state index in [4.69, 9.17) is 4.74 Å². The molecule has 0 aliphatic carbocycles. The number of imide groups is 1. The molecule has 35 heavy (non-hydrogen) atoms. The summed E-state index contributed by atoms with van der Waals surface area (Å²) in [5, 5.41) is 1.59. The molecular formula is C24H16F6N2O3. The maximum absolute atomic E-state index is 13.2. The van der Waals surface area contributed by atoms with Crippen LogP contribution < -0.4 is 0 Å². The van der Waals surface area contributed by atoms with Crippen LogP contribution in [0.3, 0.4) is 0 Å². The summed E-state index contributed by atoms with van der Waals surface area (Å²) >= 11 is 0. The number of hydrogen-bond acceptors (Lipinski definition) is 4. The molecule has 182 valence electrons. The van der Waals surface area contributed by atoms with E-state index < -0.39 is 53.2 Å². The minimum absolute atomic E-state index is 0.0190. The second kappa shape index (κ2) is 8.71. The molecule has 4 rings (SSSR count). The second-order valence-electron chi connectivity index (χ2n) is 7.88. The fraction of sp³-hybridized carbons (Fsp3) is 0.208. The summed E-state index contributed by atoms with van der Waals surface area (Å²) in [4.78, 5) is 29.9. The fourth-order valence-corrected chi connectivity index (χ4v) is 3.86. The molecule has 1 aliphatic heterocycles. The lowest BCUT2D eigenvalue weighted by molar-refractivity contribution is -0.143. The van der Waals surface area contributed by atoms with Crippen molar-refractivity contribution in [1.82, 2.24) is 9.88 Å². The van der Waals surface area contributed by atoms with Crippen LogP contribution in [0.4, 0.5) is 31.1 Å². The zero-order valence-electron chi connectivity index (χ0n) is 17.9. The van der Waals surface area contributed by atoms with Gasteiger partial charge in [-0.3, -0.25) is 9.78 Å². The lowest BCUT2D eigenvalue weighted by Gasteiger charge is -2.20. The van der Waals surface area contributed by atoms with Gasteiger partial charge in [0.1, 0.15) is 6.10 Å². The highest BCUT2D eigenvalue weighted by molar-refractivity contribution is 6.03. The molecule has 3 aromatic rings. The Morgan fingerprint density at radius 3 is 2.26 bits per heavy atom. The van der Waals surface area contributed by atoms with Gasteiger partial charge in [-0.2, -0.15) is 26.3 Å². The minimum atomic E-state index is -5.06. The lowest BCUT2D eigenvalue weighted by atomic mass is 9.97. The van der Waals surface area contributed by atoms with Crippen LogP contribution in [-0.4, -0.2) is 27.9 Å². The average molecular weight is 494 g/mol. The summed E-state index contributed by atoms with van der Waals surface area (Å²) in [5.74, 6) is -0.846. The number of cyclic esters (lactones) is 1. The maximum Gasteiger partial charge on any atom is 0.417 e. The summed E-state index contributed by atoms with van der Waals surface area (Å²) in [6.45, 7) is 1.30. The van der Waals surface area contributed by atoms with Gasteiger partial charge < -0.3 is 4.74 Å². The molecule has 2 aromatic carbocycles. The van der Waals surface area contributed by atoms with Gasteiger partial charge in [-0.1, -0.05) is 24.3 Å². The van der Waals surface area contributed by atoms with Gasteiger partial charge >= 0.3 is 18.4 Å². The van der Waals surface area contributed by atoms with E-state index in [2.05, 4.69) is 4.98 Å². The van der Waals surface area contributed by atoms with Gasteiger partial charge in [-0.15, -0.1) is 0 Å². The van der Waals surface area contributed by atoms with Crippen molar-refractivity contribution < 1.29 is 40.7 Å². The van der Waals surface area contributed by atoms with E-state index in [1.54, 1.807) is 18.3 Å². The molecule has 0 N–H and O–H groups in total. The number of carbonyl (C=O) groups is 2. The highest BCUT2D eigenvalue weighted by atomic mass is 19.4. The smallest absolute Gasteiger partial charge is 0.417 e. The van der Waals surface area contributed by atoms with Crippen LogP contribution >= 0.6 is 0 Å². The molecule has 0 radical (unpaired) electrons. The Morgan fingerprint density at radius 2 is 1.63 bits per heavy atom. The van der Waals surface area contributed by atoms with Crippen LogP contribution in [0.5, 0.6) is 0 Å². The Hall–Kier alpha value is -3.89. The van der Waals surface area contributed by atoms with E-state index in [0.29, 0.717) is 22.6 Å². The number of nitrogens with zero attached hydrogens (tertiary/aromatic N) is 2. The van der Waals surface area contributed by atoms with Crippen LogP contribution in [0.25, 0.3) is 16.8 Å². The van der Waals surface area contributed by atoms with E-state index in [9.17, 15) is 35.9 Å². The number of benzene rings is 2. The molecule has 5 nitrogen and oxygen atoms in total. The Morgan fingerprint density at radius 1 is 1.00 bits per heavy atom. The number of ether oxygens (including phenoxy) is 1. The number of amides is 2. The molecule has 0 unspecified atom stereocenters. The lowest BCUT2D eigenvalue weighted by Crippen LogP contribution is -2.36. The summed E-state index contributed by atoms with van der Waals surface area (Å²) in [7, 11) is 0. The average Bonchev–Trinajstić information content (AvgIpc) is 3.09. The number of pyridine rings is 1. The standard InChI is InChI=1S/C24H16F6N2O3/c1-13-21(16-8-17(23(25,26)27)10-18(9-16)24(28,29)30)35-22(34)32(13)20(33)7-6-15-12-31-11-14-4-2-3-5-19(14)15/h2-13,21H,1H3/b7-6+/t13-,21-/m0/s1. The van der Waals surface area contributed by atoms with Crippen LogP contribution in [0, 0.1) is 0 Å². The number of fused-ring (bicyclic) bond motifs is 1. The number of carbonyl (C=O) groups excluding carboxylic acids is 2. The molecular weight excluding hydrogens is 478 g/mol. The fourth-order valence-electron chi connectivity index (χ4n) is 3.86. The highest BCUT2D eigenvalue weighted by Crippen LogP contribution is 2.40. The number of rotatable bonds is 3. The van der Waals surface area contributed by atoms with Gasteiger partial charge in [0.25, 0.3) is 5.91 Å². The number of alkyl halides is 6. The molecule has 1 aromatic heterocycles. The summed E-state index contributed by atoms with van der Waals surface area (Å²) in [5.41, 5.74) is -3.04. The summed E-state index contributed by atoms with van der Waals surface area (Å²) < 4.78 is 84.4. The Bertz CT molecular complexity index is 1300. The molecule has 0 bridgehead atoms. The topological polar surface area (TPSA) is 59.5 Å². The highest BCUT2D eigenvalue weighted by Gasteiger charge is 2.45. The molecule has 0 spiro atoms. The first-order valence-corrected chi connectivity index (χ1v) is 10.2. The third-order valence-electron chi connectivity index (χ3n) is 5.55. The van der Waals surface area contributed by atoms with E-state index >= 15 is 0 Å². The van der Waals surface area contributed by atoms with Crippen molar-refractivity contribution in [2.24, 2.45) is 0 Å². The molecule has 11 heteroatoms. The zero-order valence-corrected chi connectivity index (χ0v) is 17.9. The van der Waals surface area contributed by atoms with Gasteiger partial charge in [0.2, 0.25) is 0 Å². The first-order chi connectivity index (χ1) is 16.4. The van der Waals surface area contributed by atoms with Crippen molar-refractivity contribution in [2.75, 3.05) is 0 Å². The molecule has 2 heterocycles. The number of hydrogen-bond donors (Lipinski definition) is 0. The van der Waals surface area contributed by atoms with Crippen molar-refractivity contribution in [1.29, 1.82) is 0 Å². The Kier molecular flexibility index (Phi) is 6.04. The quantitative estimate of drug-likeness (QED) is 0.313. The largest absolute Gasteiger partial charge is 0.439 e. The Balaban J connectivity index is 1.63. The van der Waals surface area contributed by atoms with Gasteiger partial charge in [0.05, 0.1) is 17.2 Å². The maximum atomic E-state index is 13.2. The van der Waals surface area contributed by atoms with Gasteiger partial charge in [-0.25, -0.2) is 9.69 Å². The summed E-state index contributed by atoms with van der Waals surface area (Å²) in [6.07, 6.45) is -7.22. The predicted octanol–water partition coefficient (Wildman–Crippen LogP) is 6.39. The molecule has 2 atom stereocenters. The Labute approximate surface area is 194 Å². The van der Waals surface area contributed by atoms with Gasteiger partial charge in [-0.05, 0) is 42.1 Å². The van der Waals surface area contributed by atoms with Crippen LogP contribution in [0.15, 0.2) is 60.9 Å². The predicted molar refractivity (Wildman–Crippen MR) is 113 cm³/mol. The van der Waals surface area contributed by atoms with Crippen molar-refractivity contribution >= 4 is 28.8 Å². The molecule has 1 aliphatic rings. The summed E-state index contributed by atoms with van der Waals surface area (Å²) in [6, 6.07) is 6.99. The van der Waals surface area contributed by atoms with E-state index in [1.807, 2.05) is 12.1 Å². The van der Waals surface area contributed by atoms with Crippen molar-refractivity contribution in [2.45, 2.75) is 31.4 Å².